The molecule has 1 heterocycles. The summed E-state index contributed by atoms with van der Waals surface area (Å²) < 4.78 is 5.77. The molecule has 1 aliphatic rings. The Balaban J connectivity index is 2.08. The number of likely N-dealkylation sites (tertiary alicyclic amines) is 1. The molecule has 3 heteroatoms. The summed E-state index contributed by atoms with van der Waals surface area (Å²) in [5.41, 5.74) is 1.22. The minimum Gasteiger partial charge on any atom is -0.493 e. The van der Waals surface area contributed by atoms with Crippen LogP contribution in [0, 0.1) is 0 Å². The Bertz CT molecular complexity index is 361. The van der Waals surface area contributed by atoms with E-state index in [1.807, 2.05) is 18.2 Å². The average molecular weight is 254 g/mol. The lowest BCUT2D eigenvalue weighted by Gasteiger charge is -2.18. The molecule has 0 saturated carbocycles. The molecule has 1 aliphatic heterocycles. The first-order valence-corrected chi connectivity index (χ1v) is 6.81. The molecule has 1 fully saturated rings. The molecule has 1 aromatic carbocycles. The van der Waals surface area contributed by atoms with Gasteiger partial charge in [0, 0.05) is 17.1 Å². The van der Waals surface area contributed by atoms with Gasteiger partial charge in [-0.3, -0.25) is 4.90 Å². The van der Waals surface area contributed by atoms with Gasteiger partial charge in [-0.25, -0.2) is 0 Å². The third-order valence-corrected chi connectivity index (χ3v) is 3.31. The Morgan fingerprint density at radius 1 is 1.29 bits per heavy atom. The maximum absolute atomic E-state index is 6.06. The summed E-state index contributed by atoms with van der Waals surface area (Å²) in [6.45, 7) is 6.24. The molecule has 2 rings (SSSR count). The number of nitrogens with zero attached hydrogens (tertiary/aromatic N) is 1. The second kappa shape index (κ2) is 6.27. The molecule has 0 aliphatic carbocycles. The van der Waals surface area contributed by atoms with E-state index in [1.165, 1.54) is 31.5 Å². The zero-order valence-electron chi connectivity index (χ0n) is 10.4. The molecule has 1 saturated heterocycles. The Hall–Kier alpha value is -0.730. The zero-order valence-corrected chi connectivity index (χ0v) is 11.2. The molecular formula is C14H20ClNO. The molecule has 0 unspecified atom stereocenters. The molecular weight excluding hydrogens is 234 g/mol. The number of rotatable bonds is 5. The highest BCUT2D eigenvalue weighted by molar-refractivity contribution is 6.30. The lowest BCUT2D eigenvalue weighted by atomic mass is 10.2. The zero-order chi connectivity index (χ0) is 12.1. The molecule has 0 radical (unpaired) electrons. The standard InChI is InChI=1S/C14H20ClNO/c1-2-9-17-14-6-5-13(15)10-12(14)11-16-7-3-4-8-16/h5-6,10H,2-4,7-9,11H2,1H3. The van der Waals surface area contributed by atoms with Crippen LogP contribution in [0.1, 0.15) is 31.7 Å². The van der Waals surface area contributed by atoms with E-state index < -0.39 is 0 Å². The molecule has 0 amide bonds. The van der Waals surface area contributed by atoms with E-state index in [0.29, 0.717) is 0 Å². The first-order valence-electron chi connectivity index (χ1n) is 6.43. The summed E-state index contributed by atoms with van der Waals surface area (Å²) in [7, 11) is 0. The van der Waals surface area contributed by atoms with Gasteiger partial charge < -0.3 is 4.74 Å². The summed E-state index contributed by atoms with van der Waals surface area (Å²) in [5, 5.41) is 0.794. The van der Waals surface area contributed by atoms with Crippen molar-refractivity contribution < 1.29 is 4.74 Å². The second-order valence-electron chi connectivity index (χ2n) is 4.58. The smallest absolute Gasteiger partial charge is 0.123 e. The second-order valence-corrected chi connectivity index (χ2v) is 5.02. The SMILES string of the molecule is CCCOc1ccc(Cl)cc1CN1CCCC1. The fraction of sp³-hybridized carbons (Fsp3) is 0.571. The number of benzene rings is 1. The lowest BCUT2D eigenvalue weighted by Crippen LogP contribution is -2.19. The maximum Gasteiger partial charge on any atom is 0.123 e. The van der Waals surface area contributed by atoms with Crippen LogP contribution in [0.25, 0.3) is 0 Å². The minimum absolute atomic E-state index is 0.772. The van der Waals surface area contributed by atoms with Crippen molar-refractivity contribution in [2.75, 3.05) is 19.7 Å². The summed E-state index contributed by atoms with van der Waals surface area (Å²) >= 11 is 6.06. The molecule has 0 bridgehead atoms. The fourth-order valence-corrected chi connectivity index (χ4v) is 2.40. The van der Waals surface area contributed by atoms with Gasteiger partial charge in [0.25, 0.3) is 0 Å². The van der Waals surface area contributed by atoms with E-state index >= 15 is 0 Å². The maximum atomic E-state index is 6.06. The Morgan fingerprint density at radius 2 is 2.06 bits per heavy atom. The van der Waals surface area contributed by atoms with Crippen molar-refractivity contribution in [3.8, 4) is 5.75 Å². The van der Waals surface area contributed by atoms with Gasteiger partial charge >= 0.3 is 0 Å². The van der Waals surface area contributed by atoms with Gasteiger partial charge in [0.05, 0.1) is 6.61 Å². The average Bonchev–Trinajstić information content (AvgIpc) is 2.81. The molecule has 0 atom stereocenters. The summed E-state index contributed by atoms with van der Waals surface area (Å²) in [5.74, 6) is 0.989. The summed E-state index contributed by atoms with van der Waals surface area (Å²) in [6.07, 6.45) is 3.66. The van der Waals surface area contributed by atoms with Gasteiger partial charge in [0.1, 0.15) is 5.75 Å². The summed E-state index contributed by atoms with van der Waals surface area (Å²) in [6, 6.07) is 5.92. The predicted molar refractivity (Wildman–Crippen MR) is 71.7 cm³/mol. The molecule has 17 heavy (non-hydrogen) atoms. The van der Waals surface area contributed by atoms with E-state index in [9.17, 15) is 0 Å². The first kappa shape index (κ1) is 12.7. The van der Waals surface area contributed by atoms with E-state index in [4.69, 9.17) is 16.3 Å². The van der Waals surface area contributed by atoms with Crippen molar-refractivity contribution >= 4 is 11.6 Å². The van der Waals surface area contributed by atoms with Crippen LogP contribution in [0.4, 0.5) is 0 Å². The van der Waals surface area contributed by atoms with Crippen molar-refractivity contribution in [3.63, 3.8) is 0 Å². The largest absolute Gasteiger partial charge is 0.493 e. The van der Waals surface area contributed by atoms with Crippen molar-refractivity contribution in [3.05, 3.63) is 28.8 Å². The molecule has 1 aromatic rings. The van der Waals surface area contributed by atoms with Crippen LogP contribution in [0.15, 0.2) is 18.2 Å². The molecule has 0 N–H and O–H groups in total. The Morgan fingerprint density at radius 3 is 2.76 bits per heavy atom. The van der Waals surface area contributed by atoms with Crippen LogP contribution in [-0.4, -0.2) is 24.6 Å². The highest BCUT2D eigenvalue weighted by Gasteiger charge is 2.14. The highest BCUT2D eigenvalue weighted by Crippen LogP contribution is 2.25. The topological polar surface area (TPSA) is 12.5 Å². The Kier molecular flexibility index (Phi) is 4.69. The summed E-state index contributed by atoms with van der Waals surface area (Å²) in [4.78, 5) is 2.46. The van der Waals surface area contributed by atoms with E-state index in [2.05, 4.69) is 11.8 Å². The molecule has 0 aromatic heterocycles. The van der Waals surface area contributed by atoms with Crippen LogP contribution < -0.4 is 4.74 Å². The van der Waals surface area contributed by atoms with E-state index in [-0.39, 0.29) is 0 Å². The van der Waals surface area contributed by atoms with Crippen LogP contribution in [-0.2, 0) is 6.54 Å². The van der Waals surface area contributed by atoms with Crippen LogP contribution in [0.2, 0.25) is 5.02 Å². The van der Waals surface area contributed by atoms with Crippen LogP contribution in [0.3, 0.4) is 0 Å². The third-order valence-electron chi connectivity index (χ3n) is 3.08. The number of ether oxygens (including phenoxy) is 1. The number of hydrogen-bond acceptors (Lipinski definition) is 2. The number of hydrogen-bond donors (Lipinski definition) is 0. The minimum atomic E-state index is 0.772. The van der Waals surface area contributed by atoms with Gasteiger partial charge in [-0.1, -0.05) is 18.5 Å². The molecule has 2 nitrogen and oxygen atoms in total. The highest BCUT2D eigenvalue weighted by atomic mass is 35.5. The number of halogens is 1. The van der Waals surface area contributed by atoms with E-state index in [1.54, 1.807) is 0 Å². The van der Waals surface area contributed by atoms with Crippen LogP contribution in [0.5, 0.6) is 5.75 Å². The van der Waals surface area contributed by atoms with Gasteiger partial charge in [-0.2, -0.15) is 0 Å². The van der Waals surface area contributed by atoms with Gasteiger partial charge in [-0.05, 0) is 50.6 Å². The normalized spacial score (nSPS) is 16.4. The van der Waals surface area contributed by atoms with Gasteiger partial charge in [0.2, 0.25) is 0 Å². The van der Waals surface area contributed by atoms with Crippen molar-refractivity contribution in [2.24, 2.45) is 0 Å². The molecule has 94 valence electrons. The quantitative estimate of drug-likeness (QED) is 0.793. The Labute approximate surface area is 109 Å². The van der Waals surface area contributed by atoms with E-state index in [0.717, 1.165) is 30.3 Å². The lowest BCUT2D eigenvalue weighted by molar-refractivity contribution is 0.294. The van der Waals surface area contributed by atoms with Crippen LogP contribution >= 0.6 is 11.6 Å². The van der Waals surface area contributed by atoms with Gasteiger partial charge in [0.15, 0.2) is 0 Å². The van der Waals surface area contributed by atoms with Gasteiger partial charge in [-0.15, -0.1) is 0 Å². The van der Waals surface area contributed by atoms with Crippen molar-refractivity contribution in [1.29, 1.82) is 0 Å². The monoisotopic (exact) mass is 253 g/mol. The third kappa shape index (κ3) is 3.62. The fourth-order valence-electron chi connectivity index (χ4n) is 2.21. The molecule has 0 spiro atoms. The first-order chi connectivity index (χ1) is 8.29. The van der Waals surface area contributed by atoms with Crippen molar-refractivity contribution in [2.45, 2.75) is 32.7 Å². The van der Waals surface area contributed by atoms with Crippen molar-refractivity contribution in [1.82, 2.24) is 4.90 Å². The predicted octanol–water partition coefficient (Wildman–Crippen LogP) is 3.72.